The van der Waals surface area contributed by atoms with Crippen LogP contribution < -0.4 is 21.7 Å². The molecule has 5 rings (SSSR count). The van der Waals surface area contributed by atoms with Crippen LogP contribution in [0, 0.1) is 5.92 Å². The van der Waals surface area contributed by atoms with Gasteiger partial charge in [-0.25, -0.2) is 9.59 Å². The van der Waals surface area contributed by atoms with Gasteiger partial charge in [0.25, 0.3) is 0 Å². The highest BCUT2D eigenvalue weighted by atomic mass is 32.1. The van der Waals surface area contributed by atoms with Crippen LogP contribution in [0.15, 0.2) is 48.5 Å². The van der Waals surface area contributed by atoms with Crippen molar-refractivity contribution in [2.24, 2.45) is 11.7 Å². The number of aliphatic carboxylic acids is 1. The molecule has 55 heavy (non-hydrogen) atoms. The number of thiol groups is 1. The van der Waals surface area contributed by atoms with E-state index in [9.17, 15) is 33.9 Å². The number of hydrogen-bond acceptors (Lipinski definition) is 9. The van der Waals surface area contributed by atoms with Crippen LogP contribution in [0.25, 0.3) is 11.1 Å². The molecule has 2 aromatic carbocycles. The van der Waals surface area contributed by atoms with Gasteiger partial charge in [0.05, 0.1) is 6.54 Å². The molecule has 2 fully saturated rings. The number of alkyl carbamates (subject to hydrolysis) is 1. The summed E-state index contributed by atoms with van der Waals surface area (Å²) in [5, 5.41) is 17.8. The van der Waals surface area contributed by atoms with Crippen molar-refractivity contribution in [1.29, 1.82) is 0 Å². The molecule has 5 atom stereocenters. The molecule has 3 aliphatic rings. The number of likely N-dealkylation sites (tertiary alicyclic amines) is 2. The Morgan fingerprint density at radius 1 is 0.891 bits per heavy atom. The second kappa shape index (κ2) is 19.3. The highest BCUT2D eigenvalue weighted by Gasteiger charge is 2.45. The van der Waals surface area contributed by atoms with E-state index in [0.717, 1.165) is 22.3 Å². The lowest BCUT2D eigenvalue weighted by Crippen LogP contribution is -2.57. The number of nitrogens with one attached hydrogen (secondary N) is 3. The van der Waals surface area contributed by atoms with Crippen molar-refractivity contribution in [3.05, 3.63) is 59.7 Å². The number of ether oxygens (including phenoxy) is 1. The van der Waals surface area contributed by atoms with Crippen LogP contribution in [0.5, 0.6) is 0 Å². The van der Waals surface area contributed by atoms with Crippen LogP contribution in [0.2, 0.25) is 0 Å². The van der Waals surface area contributed by atoms with Gasteiger partial charge in [-0.2, -0.15) is 12.6 Å². The molecule has 0 spiro atoms. The molecule has 1 unspecified atom stereocenters. The molecule has 2 saturated heterocycles. The minimum atomic E-state index is -1.08. The summed E-state index contributed by atoms with van der Waals surface area (Å²) < 4.78 is 5.71. The van der Waals surface area contributed by atoms with E-state index in [0.29, 0.717) is 51.6 Å². The van der Waals surface area contributed by atoms with Crippen molar-refractivity contribution in [2.45, 2.75) is 101 Å². The normalized spacial score (nSPS) is 20.1. The smallest absolute Gasteiger partial charge is 0.407 e. The number of carbonyl (C=O) groups is 6. The average Bonchev–Trinajstić information content (AvgIpc) is 3.91. The molecule has 2 aromatic rings. The Labute approximate surface area is 327 Å². The van der Waals surface area contributed by atoms with E-state index in [-0.39, 0.29) is 43.1 Å². The fourth-order valence-electron chi connectivity index (χ4n) is 8.06. The first kappa shape index (κ1) is 41.5. The SMILES string of the molecule is CC(C)C[C@H](NC(=O)OCC1c2ccccc2-c2ccccc21)C(=O)N[C@@H](CCCCN)C(=O)NCC(=O)N1C(CS)CC[C@H]1C(=O)N1CCC[C@H]1C(=O)O. The lowest BCUT2D eigenvalue weighted by molar-refractivity contribution is -0.152. The zero-order valence-electron chi connectivity index (χ0n) is 31.6. The number of carboxylic acids is 1. The molecule has 0 radical (unpaired) electrons. The standard InChI is InChI=1S/C40H54N6O8S/c1-24(2)20-32(44-40(53)54-22-30-28-12-5-3-10-26(28)27-11-4-6-13-29(27)30)37(49)43-31(14-7-8-18-41)36(48)42-21-35(47)46-25(23-55)16-17-33(46)38(50)45-19-9-15-34(45)39(51)52/h3-6,10-13,24-25,30-34,55H,7-9,14-23,41H2,1-2H3,(H,42,48)(H,43,49)(H,44,53)(H,51,52)/t25?,31-,32-,33-,34-/m0/s1. The largest absolute Gasteiger partial charge is 0.480 e. The lowest BCUT2D eigenvalue weighted by Gasteiger charge is -2.33. The summed E-state index contributed by atoms with van der Waals surface area (Å²) in [6.45, 7) is 4.15. The first-order chi connectivity index (χ1) is 26.4. The molecule has 1 aliphatic carbocycles. The van der Waals surface area contributed by atoms with E-state index in [1.165, 1.54) is 9.80 Å². The Kier molecular flexibility index (Phi) is 14.6. The van der Waals surface area contributed by atoms with E-state index in [1.807, 2.05) is 62.4 Å². The second-order valence-electron chi connectivity index (χ2n) is 15.0. The summed E-state index contributed by atoms with van der Waals surface area (Å²) in [5.41, 5.74) is 10.0. The summed E-state index contributed by atoms with van der Waals surface area (Å²) in [6, 6.07) is 11.8. The quantitative estimate of drug-likeness (QED) is 0.103. The molecule has 2 heterocycles. The number of nitrogens with two attached hydrogens (primary N) is 1. The van der Waals surface area contributed by atoms with E-state index < -0.39 is 66.4 Å². The van der Waals surface area contributed by atoms with Crippen molar-refractivity contribution in [3.63, 3.8) is 0 Å². The molecule has 14 nitrogen and oxygen atoms in total. The summed E-state index contributed by atoms with van der Waals surface area (Å²) in [5.74, 6) is -3.03. The molecule has 0 bridgehead atoms. The maximum atomic E-state index is 13.7. The predicted octanol–water partition coefficient (Wildman–Crippen LogP) is 3.03. The minimum absolute atomic E-state index is 0.00834. The van der Waals surface area contributed by atoms with Crippen LogP contribution in [0.4, 0.5) is 4.79 Å². The number of amides is 5. The molecular formula is C40H54N6O8S. The fourth-order valence-corrected chi connectivity index (χ4v) is 8.42. The molecule has 2 aliphatic heterocycles. The zero-order chi connectivity index (χ0) is 39.6. The van der Waals surface area contributed by atoms with Gasteiger partial charge in [0.15, 0.2) is 0 Å². The molecule has 6 N–H and O–H groups in total. The van der Waals surface area contributed by atoms with E-state index in [2.05, 4.69) is 28.6 Å². The molecule has 15 heteroatoms. The van der Waals surface area contributed by atoms with Crippen LogP contribution in [-0.4, -0.2) is 113 Å². The minimum Gasteiger partial charge on any atom is -0.480 e. The third-order valence-electron chi connectivity index (χ3n) is 10.8. The Morgan fingerprint density at radius 2 is 1.56 bits per heavy atom. The fraction of sp³-hybridized carbons (Fsp3) is 0.550. The highest BCUT2D eigenvalue weighted by molar-refractivity contribution is 7.80. The number of nitrogens with zero attached hydrogens (tertiary/aromatic N) is 2. The van der Waals surface area contributed by atoms with E-state index in [4.69, 9.17) is 10.5 Å². The summed E-state index contributed by atoms with van der Waals surface area (Å²) in [6.07, 6.45) is 2.66. The maximum absolute atomic E-state index is 13.7. The van der Waals surface area contributed by atoms with Crippen molar-refractivity contribution in [1.82, 2.24) is 25.8 Å². The topological polar surface area (TPSA) is 200 Å². The predicted molar refractivity (Wildman–Crippen MR) is 209 cm³/mol. The van der Waals surface area contributed by atoms with Crippen LogP contribution in [0.3, 0.4) is 0 Å². The Balaban J connectivity index is 1.21. The highest BCUT2D eigenvalue weighted by Crippen LogP contribution is 2.44. The van der Waals surface area contributed by atoms with Crippen molar-refractivity contribution >= 4 is 48.3 Å². The molecule has 298 valence electrons. The van der Waals surface area contributed by atoms with Gasteiger partial charge >= 0.3 is 12.1 Å². The Morgan fingerprint density at radius 3 is 2.18 bits per heavy atom. The third-order valence-corrected chi connectivity index (χ3v) is 11.2. The summed E-state index contributed by atoms with van der Waals surface area (Å²) in [7, 11) is 0. The number of benzene rings is 2. The van der Waals surface area contributed by atoms with Crippen LogP contribution >= 0.6 is 12.6 Å². The monoisotopic (exact) mass is 778 g/mol. The van der Waals surface area contributed by atoms with Crippen molar-refractivity contribution in [3.8, 4) is 11.1 Å². The third kappa shape index (κ3) is 9.98. The van der Waals surface area contributed by atoms with Gasteiger partial charge in [-0.15, -0.1) is 0 Å². The van der Waals surface area contributed by atoms with Gasteiger partial charge in [0.2, 0.25) is 23.6 Å². The number of hydrogen-bond donors (Lipinski definition) is 6. The summed E-state index contributed by atoms with van der Waals surface area (Å²) >= 11 is 4.39. The van der Waals surface area contributed by atoms with Gasteiger partial charge in [-0.05, 0) is 86.1 Å². The molecule has 5 amide bonds. The zero-order valence-corrected chi connectivity index (χ0v) is 32.5. The molecular weight excluding hydrogens is 725 g/mol. The van der Waals surface area contributed by atoms with Gasteiger partial charge in [-0.1, -0.05) is 62.4 Å². The maximum Gasteiger partial charge on any atom is 0.407 e. The Bertz CT molecular complexity index is 1680. The number of carboxylic acid groups (broad SMARTS) is 1. The van der Waals surface area contributed by atoms with Gasteiger partial charge in [0, 0.05) is 24.3 Å². The van der Waals surface area contributed by atoms with Crippen molar-refractivity contribution < 1.29 is 38.6 Å². The van der Waals surface area contributed by atoms with Crippen molar-refractivity contribution in [2.75, 3.05) is 32.0 Å². The first-order valence-corrected chi connectivity index (χ1v) is 19.9. The number of rotatable bonds is 17. The number of carbonyl (C=O) groups excluding carboxylic acids is 5. The van der Waals surface area contributed by atoms with E-state index >= 15 is 0 Å². The lowest BCUT2D eigenvalue weighted by atomic mass is 9.98. The van der Waals surface area contributed by atoms with Crippen LogP contribution in [0.1, 0.15) is 82.3 Å². The summed E-state index contributed by atoms with van der Waals surface area (Å²) in [4.78, 5) is 82.3. The van der Waals surface area contributed by atoms with Crippen LogP contribution in [-0.2, 0) is 28.7 Å². The van der Waals surface area contributed by atoms with E-state index in [1.54, 1.807) is 0 Å². The second-order valence-corrected chi connectivity index (χ2v) is 15.3. The number of fused-ring (bicyclic) bond motifs is 3. The first-order valence-electron chi connectivity index (χ1n) is 19.3. The molecule has 0 saturated carbocycles. The Hall–Kier alpha value is -4.63. The average molecular weight is 779 g/mol. The van der Waals surface area contributed by atoms with Gasteiger partial charge in [0.1, 0.15) is 30.8 Å². The molecule has 0 aromatic heterocycles. The van der Waals surface area contributed by atoms with Gasteiger partial charge in [-0.3, -0.25) is 19.2 Å². The van der Waals surface area contributed by atoms with Gasteiger partial charge < -0.3 is 41.3 Å². The number of unbranched alkanes of at least 4 members (excludes halogenated alkanes) is 1.